The molecule has 1 saturated heterocycles. The Kier molecular flexibility index (Phi) is 6.34. The second-order valence-corrected chi connectivity index (χ2v) is 7.46. The summed E-state index contributed by atoms with van der Waals surface area (Å²) in [5.74, 6) is -0.275. The number of anilines is 1. The van der Waals surface area contributed by atoms with Crippen molar-refractivity contribution in [1.82, 2.24) is 9.80 Å². The summed E-state index contributed by atoms with van der Waals surface area (Å²) in [6, 6.07) is 14.1. The predicted molar refractivity (Wildman–Crippen MR) is 115 cm³/mol. The molecular formula is C22H26N4O4. The number of amides is 2. The molecule has 0 unspecified atom stereocenters. The number of benzene rings is 2. The van der Waals surface area contributed by atoms with Gasteiger partial charge in [-0.3, -0.25) is 19.7 Å². The highest BCUT2D eigenvalue weighted by Gasteiger charge is 2.27. The molecule has 1 heterocycles. The quantitative estimate of drug-likeness (QED) is 0.558. The molecule has 1 aliphatic rings. The number of nitrogens with zero attached hydrogens (tertiary/aromatic N) is 4. The number of nitro benzene ring substituents is 1. The van der Waals surface area contributed by atoms with Crippen molar-refractivity contribution in [3.63, 3.8) is 0 Å². The second-order valence-electron chi connectivity index (χ2n) is 7.46. The van der Waals surface area contributed by atoms with Gasteiger partial charge in [0.25, 0.3) is 11.6 Å². The van der Waals surface area contributed by atoms with Crippen molar-refractivity contribution in [3.8, 4) is 0 Å². The van der Waals surface area contributed by atoms with Crippen LogP contribution >= 0.6 is 0 Å². The SMILES string of the molecule is CC(=O)N1CCN(c2ccc(C(=O)N(C)[C@@H](C)c3ccccc3)cc2[N+](=O)[O-])CC1. The monoisotopic (exact) mass is 410 g/mol. The standard InChI is InChI=1S/C22H26N4O4/c1-16(18-7-5-4-6-8-18)23(3)22(28)19-9-10-20(21(15-19)26(29)30)25-13-11-24(12-14-25)17(2)27/h4-10,15-16H,11-14H2,1-3H3/t16-/m0/s1. The van der Waals surface area contributed by atoms with Crippen LogP contribution in [0.25, 0.3) is 0 Å². The van der Waals surface area contributed by atoms with E-state index in [4.69, 9.17) is 0 Å². The number of hydrogen-bond donors (Lipinski definition) is 0. The first-order valence-corrected chi connectivity index (χ1v) is 9.90. The zero-order valence-electron chi connectivity index (χ0n) is 17.4. The summed E-state index contributed by atoms with van der Waals surface area (Å²) in [7, 11) is 1.70. The van der Waals surface area contributed by atoms with Gasteiger partial charge in [-0.1, -0.05) is 30.3 Å². The Morgan fingerprint density at radius 1 is 1.07 bits per heavy atom. The summed E-state index contributed by atoms with van der Waals surface area (Å²) in [6.07, 6.45) is 0. The minimum absolute atomic E-state index is 0.000618. The molecule has 0 saturated carbocycles. The van der Waals surface area contributed by atoms with Gasteiger partial charge in [-0.25, -0.2) is 0 Å². The average molecular weight is 410 g/mol. The topological polar surface area (TPSA) is 87.0 Å². The van der Waals surface area contributed by atoms with Gasteiger partial charge < -0.3 is 14.7 Å². The van der Waals surface area contributed by atoms with E-state index in [9.17, 15) is 19.7 Å². The third-order valence-corrected chi connectivity index (χ3v) is 5.67. The van der Waals surface area contributed by atoms with Crippen LogP contribution in [0.1, 0.15) is 35.8 Å². The van der Waals surface area contributed by atoms with Crippen LogP contribution in [0.3, 0.4) is 0 Å². The van der Waals surface area contributed by atoms with E-state index in [-0.39, 0.29) is 29.1 Å². The molecular weight excluding hydrogens is 384 g/mol. The summed E-state index contributed by atoms with van der Waals surface area (Å²) in [4.78, 5) is 41.0. The fraction of sp³-hybridized carbons (Fsp3) is 0.364. The normalized spacial score (nSPS) is 14.9. The van der Waals surface area contributed by atoms with Crippen LogP contribution in [-0.4, -0.2) is 59.8 Å². The largest absolute Gasteiger partial charge is 0.362 e. The maximum atomic E-state index is 13.0. The van der Waals surface area contributed by atoms with Crippen LogP contribution in [0.4, 0.5) is 11.4 Å². The molecule has 2 aromatic rings. The van der Waals surface area contributed by atoms with Crippen molar-refractivity contribution < 1.29 is 14.5 Å². The first kappa shape index (κ1) is 21.3. The van der Waals surface area contributed by atoms with E-state index in [1.165, 1.54) is 13.0 Å². The molecule has 8 heteroatoms. The number of rotatable bonds is 5. The van der Waals surface area contributed by atoms with Gasteiger partial charge in [0.2, 0.25) is 5.91 Å². The first-order valence-electron chi connectivity index (χ1n) is 9.90. The third-order valence-electron chi connectivity index (χ3n) is 5.67. The van der Waals surface area contributed by atoms with E-state index in [1.807, 2.05) is 42.2 Å². The van der Waals surface area contributed by atoms with Gasteiger partial charge in [-0.05, 0) is 24.6 Å². The Balaban J connectivity index is 1.82. The Labute approximate surface area is 175 Å². The molecule has 8 nitrogen and oxygen atoms in total. The van der Waals surface area contributed by atoms with Crippen molar-refractivity contribution in [1.29, 1.82) is 0 Å². The molecule has 1 aliphatic heterocycles. The first-order chi connectivity index (χ1) is 14.3. The summed E-state index contributed by atoms with van der Waals surface area (Å²) >= 11 is 0. The number of carbonyl (C=O) groups excluding carboxylic acids is 2. The molecule has 3 rings (SSSR count). The maximum absolute atomic E-state index is 13.0. The lowest BCUT2D eigenvalue weighted by atomic mass is 10.1. The highest BCUT2D eigenvalue weighted by molar-refractivity contribution is 5.96. The minimum atomic E-state index is -0.454. The van der Waals surface area contributed by atoms with Crippen molar-refractivity contribution in [2.45, 2.75) is 19.9 Å². The lowest BCUT2D eigenvalue weighted by Gasteiger charge is -2.35. The Morgan fingerprint density at radius 3 is 2.27 bits per heavy atom. The number of piperazine rings is 1. The summed E-state index contributed by atoms with van der Waals surface area (Å²) in [6.45, 7) is 5.50. The van der Waals surface area contributed by atoms with Crippen LogP contribution in [0.5, 0.6) is 0 Å². The maximum Gasteiger partial charge on any atom is 0.293 e. The summed E-state index contributed by atoms with van der Waals surface area (Å²) in [5.41, 5.74) is 1.64. The van der Waals surface area contributed by atoms with Gasteiger partial charge in [-0.15, -0.1) is 0 Å². The van der Waals surface area contributed by atoms with Gasteiger partial charge in [0, 0.05) is 51.8 Å². The number of nitro groups is 1. The summed E-state index contributed by atoms with van der Waals surface area (Å²) < 4.78 is 0. The van der Waals surface area contributed by atoms with Gasteiger partial charge in [0.15, 0.2) is 0 Å². The van der Waals surface area contributed by atoms with Crippen LogP contribution in [0.15, 0.2) is 48.5 Å². The van der Waals surface area contributed by atoms with Gasteiger partial charge in [0.1, 0.15) is 5.69 Å². The zero-order valence-corrected chi connectivity index (χ0v) is 17.4. The highest BCUT2D eigenvalue weighted by Crippen LogP contribution is 2.31. The predicted octanol–water partition coefficient (Wildman–Crippen LogP) is 3.10. The molecule has 2 amide bonds. The van der Waals surface area contributed by atoms with Crippen LogP contribution in [-0.2, 0) is 4.79 Å². The minimum Gasteiger partial charge on any atom is -0.362 e. The Morgan fingerprint density at radius 2 is 1.70 bits per heavy atom. The molecule has 0 aromatic heterocycles. The Bertz CT molecular complexity index is 939. The molecule has 2 aromatic carbocycles. The molecule has 0 radical (unpaired) electrons. The van der Waals surface area contributed by atoms with Crippen molar-refractivity contribution in [2.24, 2.45) is 0 Å². The number of carbonyl (C=O) groups is 2. The molecule has 0 bridgehead atoms. The number of hydrogen-bond acceptors (Lipinski definition) is 5. The van der Waals surface area contributed by atoms with Crippen molar-refractivity contribution in [2.75, 3.05) is 38.1 Å². The molecule has 0 aliphatic carbocycles. The van der Waals surface area contributed by atoms with Crippen LogP contribution < -0.4 is 4.90 Å². The highest BCUT2D eigenvalue weighted by atomic mass is 16.6. The third kappa shape index (κ3) is 4.42. The molecule has 30 heavy (non-hydrogen) atoms. The van der Waals surface area contributed by atoms with Crippen molar-refractivity contribution >= 4 is 23.2 Å². The molecule has 158 valence electrons. The van der Waals surface area contributed by atoms with Crippen molar-refractivity contribution in [3.05, 3.63) is 69.8 Å². The summed E-state index contributed by atoms with van der Waals surface area (Å²) in [5, 5.41) is 11.7. The van der Waals surface area contributed by atoms with Gasteiger partial charge in [-0.2, -0.15) is 0 Å². The Hall–Kier alpha value is -3.42. The zero-order chi connectivity index (χ0) is 21.8. The second kappa shape index (κ2) is 8.94. The van der Waals surface area contributed by atoms with Crippen LogP contribution in [0.2, 0.25) is 0 Å². The lowest BCUT2D eigenvalue weighted by molar-refractivity contribution is -0.384. The fourth-order valence-electron chi connectivity index (χ4n) is 3.67. The van der Waals surface area contributed by atoms with E-state index in [2.05, 4.69) is 0 Å². The lowest BCUT2D eigenvalue weighted by Crippen LogP contribution is -2.48. The smallest absolute Gasteiger partial charge is 0.293 e. The van der Waals surface area contributed by atoms with E-state index in [0.29, 0.717) is 31.9 Å². The van der Waals surface area contributed by atoms with Gasteiger partial charge in [0.05, 0.1) is 11.0 Å². The van der Waals surface area contributed by atoms with Gasteiger partial charge >= 0.3 is 0 Å². The molecule has 1 fully saturated rings. The van der Waals surface area contributed by atoms with E-state index in [0.717, 1.165) is 5.56 Å². The molecule has 1 atom stereocenters. The fourth-order valence-corrected chi connectivity index (χ4v) is 3.67. The van der Waals surface area contributed by atoms with Crippen LogP contribution in [0, 0.1) is 10.1 Å². The van der Waals surface area contributed by atoms with E-state index in [1.54, 1.807) is 29.0 Å². The molecule has 0 spiro atoms. The molecule has 0 N–H and O–H groups in total. The average Bonchev–Trinajstić information content (AvgIpc) is 2.77. The van der Waals surface area contributed by atoms with E-state index < -0.39 is 4.92 Å². The van der Waals surface area contributed by atoms with E-state index >= 15 is 0 Å².